The fraction of sp³-hybridized carbons (Fsp3) is 0.0526. The molecular formula is C19H16OP+. The van der Waals surface area contributed by atoms with Crippen molar-refractivity contribution in [2.75, 3.05) is 0 Å². The van der Waals surface area contributed by atoms with Crippen molar-refractivity contribution in [2.45, 2.75) is 6.42 Å². The highest BCUT2D eigenvalue weighted by molar-refractivity contribution is 7.77. The standard InChI is InChI=1S/C19H15OP/c20-15-16-9-7-8-14-19(16)21(17-10-3-1-4-11-17)18-12-5-2-6-13-18/h1-8,10-14H,9H2/p+1. The van der Waals surface area contributed by atoms with Crippen molar-refractivity contribution >= 4 is 24.5 Å². The molecule has 0 saturated heterocycles. The number of allylic oxidation sites excluding steroid dienone is 5. The average Bonchev–Trinajstić information content (AvgIpc) is 2.58. The van der Waals surface area contributed by atoms with E-state index in [9.17, 15) is 4.79 Å². The minimum atomic E-state index is -1.15. The molecule has 0 radical (unpaired) electrons. The van der Waals surface area contributed by atoms with Crippen molar-refractivity contribution in [2.24, 2.45) is 0 Å². The van der Waals surface area contributed by atoms with Crippen LogP contribution in [0.25, 0.3) is 0 Å². The Balaban J connectivity index is 2.16. The lowest BCUT2D eigenvalue weighted by Gasteiger charge is -2.15. The molecule has 21 heavy (non-hydrogen) atoms. The summed E-state index contributed by atoms with van der Waals surface area (Å²) in [5, 5.41) is 3.74. The van der Waals surface area contributed by atoms with E-state index in [-0.39, 0.29) is 0 Å². The Hall–Kier alpha value is -2.20. The molecule has 0 amide bonds. The van der Waals surface area contributed by atoms with Crippen LogP contribution < -0.4 is 10.6 Å². The summed E-state index contributed by atoms with van der Waals surface area (Å²) in [6.45, 7) is 0. The average molecular weight is 291 g/mol. The van der Waals surface area contributed by atoms with Gasteiger partial charge in [-0.3, -0.25) is 0 Å². The summed E-state index contributed by atoms with van der Waals surface area (Å²) in [5.41, 5.74) is 0.791. The Kier molecular flexibility index (Phi) is 4.26. The summed E-state index contributed by atoms with van der Waals surface area (Å²) in [6.07, 6.45) is 6.83. The maximum Gasteiger partial charge on any atom is 0.132 e. The minimum absolute atomic E-state index is 0.684. The van der Waals surface area contributed by atoms with Crippen molar-refractivity contribution in [1.29, 1.82) is 0 Å². The van der Waals surface area contributed by atoms with Gasteiger partial charge in [-0.05, 0) is 30.3 Å². The van der Waals surface area contributed by atoms with Gasteiger partial charge in [-0.25, -0.2) is 4.79 Å². The van der Waals surface area contributed by atoms with Crippen LogP contribution in [0.15, 0.2) is 89.8 Å². The van der Waals surface area contributed by atoms with Gasteiger partial charge in [0.25, 0.3) is 0 Å². The van der Waals surface area contributed by atoms with Crippen molar-refractivity contribution in [3.05, 3.63) is 89.8 Å². The monoisotopic (exact) mass is 291 g/mol. The fourth-order valence-electron chi connectivity index (χ4n) is 2.58. The van der Waals surface area contributed by atoms with Gasteiger partial charge in [-0.2, -0.15) is 0 Å². The molecule has 0 fully saturated rings. The predicted octanol–water partition coefficient (Wildman–Crippen LogP) is 3.45. The molecule has 0 bridgehead atoms. The van der Waals surface area contributed by atoms with Crippen LogP contribution in [0, 0.1) is 0 Å². The molecule has 1 aliphatic rings. The minimum Gasteiger partial charge on any atom is -0.233 e. The molecule has 2 aromatic carbocycles. The van der Waals surface area contributed by atoms with E-state index in [1.807, 2.05) is 24.3 Å². The predicted molar refractivity (Wildman–Crippen MR) is 91.5 cm³/mol. The van der Waals surface area contributed by atoms with Crippen LogP contribution in [0.5, 0.6) is 0 Å². The van der Waals surface area contributed by atoms with Crippen molar-refractivity contribution in [1.82, 2.24) is 0 Å². The third-order valence-electron chi connectivity index (χ3n) is 3.56. The van der Waals surface area contributed by atoms with Crippen LogP contribution in [0.2, 0.25) is 0 Å². The number of hydrogen-bond donors (Lipinski definition) is 0. The normalized spacial score (nSPS) is 14.0. The van der Waals surface area contributed by atoms with Gasteiger partial charge in [0.2, 0.25) is 0 Å². The number of benzene rings is 2. The van der Waals surface area contributed by atoms with Crippen LogP contribution in [-0.4, -0.2) is 5.94 Å². The molecule has 0 saturated carbocycles. The van der Waals surface area contributed by atoms with E-state index in [0.29, 0.717) is 6.42 Å². The first-order chi connectivity index (χ1) is 10.4. The molecule has 0 heterocycles. The SMILES string of the molecule is O=C=C1CC=CC=C1[PH+](c1ccccc1)c1ccccc1. The first-order valence-electron chi connectivity index (χ1n) is 6.99. The molecule has 0 unspecified atom stereocenters. The quantitative estimate of drug-likeness (QED) is 0.625. The summed E-state index contributed by atoms with van der Waals surface area (Å²) in [4.78, 5) is 11.3. The molecule has 1 aliphatic carbocycles. The summed E-state index contributed by atoms with van der Waals surface area (Å²) >= 11 is 0. The number of rotatable bonds is 3. The summed E-state index contributed by atoms with van der Waals surface area (Å²) in [5.74, 6) is 2.15. The molecular weight excluding hydrogens is 275 g/mol. The molecule has 0 atom stereocenters. The van der Waals surface area contributed by atoms with Crippen molar-refractivity contribution in [3.63, 3.8) is 0 Å². The number of carbonyl (C=O) groups excluding carboxylic acids is 1. The first-order valence-corrected chi connectivity index (χ1v) is 8.49. The maximum absolute atomic E-state index is 11.3. The largest absolute Gasteiger partial charge is 0.233 e. The first kappa shape index (κ1) is 13.8. The highest BCUT2D eigenvalue weighted by Crippen LogP contribution is 2.47. The van der Waals surface area contributed by atoms with E-state index >= 15 is 0 Å². The van der Waals surface area contributed by atoms with Crippen molar-refractivity contribution < 1.29 is 4.79 Å². The molecule has 2 aromatic rings. The van der Waals surface area contributed by atoms with E-state index in [1.54, 1.807) is 0 Å². The van der Waals surface area contributed by atoms with Gasteiger partial charge < -0.3 is 0 Å². The smallest absolute Gasteiger partial charge is 0.132 e. The molecule has 0 aromatic heterocycles. The summed E-state index contributed by atoms with van der Waals surface area (Å²) < 4.78 is 0. The molecule has 0 N–H and O–H groups in total. The third kappa shape index (κ3) is 2.95. The molecule has 0 aliphatic heterocycles. The zero-order valence-electron chi connectivity index (χ0n) is 11.6. The number of hydrogen-bond acceptors (Lipinski definition) is 1. The van der Waals surface area contributed by atoms with E-state index < -0.39 is 7.92 Å². The third-order valence-corrected chi connectivity index (χ3v) is 6.39. The van der Waals surface area contributed by atoms with Crippen LogP contribution in [0.4, 0.5) is 0 Å². The zero-order chi connectivity index (χ0) is 14.5. The van der Waals surface area contributed by atoms with Gasteiger partial charge in [0.05, 0.1) is 13.5 Å². The molecule has 3 rings (SSSR count). The second-order valence-electron chi connectivity index (χ2n) is 4.90. The zero-order valence-corrected chi connectivity index (χ0v) is 12.6. The lowest BCUT2D eigenvalue weighted by molar-refractivity contribution is 0.567. The lowest BCUT2D eigenvalue weighted by atomic mass is 10.1. The van der Waals surface area contributed by atoms with Crippen LogP contribution in [0.1, 0.15) is 6.42 Å². The van der Waals surface area contributed by atoms with E-state index in [2.05, 4.69) is 60.5 Å². The van der Waals surface area contributed by atoms with Crippen molar-refractivity contribution in [3.8, 4) is 0 Å². The van der Waals surface area contributed by atoms with Gasteiger partial charge in [0.1, 0.15) is 21.9 Å². The van der Waals surface area contributed by atoms with Crippen LogP contribution in [0.3, 0.4) is 0 Å². The van der Waals surface area contributed by atoms with E-state index in [4.69, 9.17) is 0 Å². The Morgan fingerprint density at radius 2 is 1.43 bits per heavy atom. The Labute approximate surface area is 126 Å². The highest BCUT2D eigenvalue weighted by atomic mass is 31.1. The van der Waals surface area contributed by atoms with Crippen LogP contribution >= 0.6 is 7.92 Å². The Bertz CT molecular complexity index is 683. The van der Waals surface area contributed by atoms with Gasteiger partial charge in [-0.1, -0.05) is 48.6 Å². The Morgan fingerprint density at radius 3 is 1.95 bits per heavy atom. The van der Waals surface area contributed by atoms with E-state index in [0.717, 1.165) is 10.9 Å². The molecule has 102 valence electrons. The van der Waals surface area contributed by atoms with Gasteiger partial charge in [-0.15, -0.1) is 0 Å². The highest BCUT2D eigenvalue weighted by Gasteiger charge is 2.30. The molecule has 1 nitrogen and oxygen atoms in total. The van der Waals surface area contributed by atoms with Gasteiger partial charge in [0.15, 0.2) is 0 Å². The second-order valence-corrected chi connectivity index (χ2v) is 7.34. The summed E-state index contributed by atoms with van der Waals surface area (Å²) in [7, 11) is -1.15. The van der Waals surface area contributed by atoms with Gasteiger partial charge >= 0.3 is 0 Å². The summed E-state index contributed by atoms with van der Waals surface area (Å²) in [6, 6.07) is 20.9. The van der Waals surface area contributed by atoms with E-state index in [1.165, 1.54) is 10.6 Å². The van der Waals surface area contributed by atoms with Crippen LogP contribution in [-0.2, 0) is 4.79 Å². The fourth-order valence-corrected chi connectivity index (χ4v) is 5.30. The molecule has 2 heteroatoms. The second kappa shape index (κ2) is 6.50. The lowest BCUT2D eigenvalue weighted by Crippen LogP contribution is -2.14. The molecule has 0 spiro atoms. The maximum atomic E-state index is 11.3. The topological polar surface area (TPSA) is 17.1 Å². The Morgan fingerprint density at radius 1 is 0.857 bits per heavy atom. The van der Waals surface area contributed by atoms with Gasteiger partial charge in [0, 0.05) is 6.42 Å².